The van der Waals surface area contributed by atoms with E-state index >= 15 is 0 Å². The van der Waals surface area contributed by atoms with Crippen molar-refractivity contribution < 1.29 is 0 Å². The van der Waals surface area contributed by atoms with E-state index in [1.807, 2.05) is 0 Å². The summed E-state index contributed by atoms with van der Waals surface area (Å²) >= 11 is 0. The van der Waals surface area contributed by atoms with Crippen LogP contribution in [0, 0.1) is 5.92 Å². The first-order valence-electron chi connectivity index (χ1n) is 8.28. The van der Waals surface area contributed by atoms with Crippen LogP contribution in [0.3, 0.4) is 0 Å². The normalized spacial score (nSPS) is 34.7. The SMILES string of the molecule is CCNC1CCCC1CCN1CCCCCC1C. The van der Waals surface area contributed by atoms with Gasteiger partial charge in [0.2, 0.25) is 0 Å². The van der Waals surface area contributed by atoms with Gasteiger partial charge in [0.1, 0.15) is 0 Å². The third-order valence-corrected chi connectivity index (χ3v) is 5.10. The van der Waals surface area contributed by atoms with Gasteiger partial charge in [-0.25, -0.2) is 0 Å². The van der Waals surface area contributed by atoms with E-state index in [0.717, 1.165) is 24.5 Å². The molecule has 2 heteroatoms. The summed E-state index contributed by atoms with van der Waals surface area (Å²) in [5, 5.41) is 3.69. The maximum atomic E-state index is 3.69. The molecule has 0 aromatic heterocycles. The predicted molar refractivity (Wildman–Crippen MR) is 78.9 cm³/mol. The van der Waals surface area contributed by atoms with Gasteiger partial charge >= 0.3 is 0 Å². The van der Waals surface area contributed by atoms with Crippen LogP contribution in [-0.4, -0.2) is 36.6 Å². The summed E-state index contributed by atoms with van der Waals surface area (Å²) in [6.07, 6.45) is 11.5. The number of likely N-dealkylation sites (tertiary alicyclic amines) is 1. The van der Waals surface area contributed by atoms with Crippen molar-refractivity contribution in [2.75, 3.05) is 19.6 Å². The molecule has 106 valence electrons. The molecule has 0 aromatic carbocycles. The zero-order chi connectivity index (χ0) is 12.8. The molecule has 2 nitrogen and oxygen atoms in total. The molecular formula is C16H32N2. The molecule has 0 bridgehead atoms. The van der Waals surface area contributed by atoms with Gasteiger partial charge in [0.25, 0.3) is 0 Å². The standard InChI is InChI=1S/C16H32N2/c1-3-17-16-10-7-9-15(16)11-13-18-12-6-4-5-8-14(18)2/h14-17H,3-13H2,1-2H3. The number of hydrogen-bond donors (Lipinski definition) is 1. The van der Waals surface area contributed by atoms with Crippen molar-refractivity contribution in [3.8, 4) is 0 Å². The Morgan fingerprint density at radius 1 is 1.06 bits per heavy atom. The smallest absolute Gasteiger partial charge is 0.00956 e. The summed E-state index contributed by atoms with van der Waals surface area (Å²) in [6.45, 7) is 8.50. The summed E-state index contributed by atoms with van der Waals surface area (Å²) < 4.78 is 0. The van der Waals surface area contributed by atoms with Crippen LogP contribution >= 0.6 is 0 Å². The minimum Gasteiger partial charge on any atom is -0.314 e. The molecule has 1 N–H and O–H groups in total. The van der Waals surface area contributed by atoms with E-state index < -0.39 is 0 Å². The topological polar surface area (TPSA) is 15.3 Å². The molecule has 3 atom stereocenters. The van der Waals surface area contributed by atoms with Crippen molar-refractivity contribution in [2.24, 2.45) is 5.92 Å². The molecular weight excluding hydrogens is 220 g/mol. The highest BCUT2D eigenvalue weighted by Gasteiger charge is 2.27. The average molecular weight is 252 g/mol. The van der Waals surface area contributed by atoms with Crippen molar-refractivity contribution >= 4 is 0 Å². The van der Waals surface area contributed by atoms with Crippen LogP contribution in [0.25, 0.3) is 0 Å². The number of nitrogens with one attached hydrogen (secondary N) is 1. The second-order valence-corrected chi connectivity index (χ2v) is 6.38. The molecule has 1 saturated carbocycles. The lowest BCUT2D eigenvalue weighted by Gasteiger charge is -2.29. The number of hydrogen-bond acceptors (Lipinski definition) is 2. The van der Waals surface area contributed by atoms with Gasteiger partial charge < -0.3 is 10.2 Å². The lowest BCUT2D eigenvalue weighted by molar-refractivity contribution is 0.192. The predicted octanol–water partition coefficient (Wildman–Crippen LogP) is 3.42. The minimum atomic E-state index is 0.817. The van der Waals surface area contributed by atoms with Gasteiger partial charge in [-0.1, -0.05) is 26.2 Å². The van der Waals surface area contributed by atoms with Crippen LogP contribution < -0.4 is 5.32 Å². The second-order valence-electron chi connectivity index (χ2n) is 6.38. The van der Waals surface area contributed by atoms with Gasteiger partial charge in [-0.05, 0) is 64.6 Å². The van der Waals surface area contributed by atoms with E-state index in [2.05, 4.69) is 24.1 Å². The van der Waals surface area contributed by atoms with Gasteiger partial charge in [-0.15, -0.1) is 0 Å². The maximum absolute atomic E-state index is 3.69. The van der Waals surface area contributed by atoms with Crippen molar-refractivity contribution in [1.29, 1.82) is 0 Å². The van der Waals surface area contributed by atoms with Crippen LogP contribution in [0.4, 0.5) is 0 Å². The van der Waals surface area contributed by atoms with Crippen LogP contribution in [0.15, 0.2) is 0 Å². The first kappa shape index (κ1) is 14.3. The third-order valence-electron chi connectivity index (χ3n) is 5.10. The Bertz CT molecular complexity index is 229. The molecule has 3 unspecified atom stereocenters. The fourth-order valence-electron chi connectivity index (χ4n) is 3.91. The van der Waals surface area contributed by atoms with E-state index in [9.17, 15) is 0 Å². The summed E-state index contributed by atoms with van der Waals surface area (Å²) in [5.74, 6) is 0.945. The largest absolute Gasteiger partial charge is 0.314 e. The highest BCUT2D eigenvalue weighted by Crippen LogP contribution is 2.29. The number of nitrogens with zero attached hydrogens (tertiary/aromatic N) is 1. The van der Waals surface area contributed by atoms with Crippen LogP contribution in [0.1, 0.15) is 65.2 Å². The van der Waals surface area contributed by atoms with Gasteiger partial charge in [0.05, 0.1) is 0 Å². The van der Waals surface area contributed by atoms with Crippen LogP contribution in [0.2, 0.25) is 0 Å². The van der Waals surface area contributed by atoms with Gasteiger partial charge in [0.15, 0.2) is 0 Å². The molecule has 0 spiro atoms. The first-order chi connectivity index (χ1) is 8.81. The van der Waals surface area contributed by atoms with Crippen molar-refractivity contribution in [3.05, 3.63) is 0 Å². The van der Waals surface area contributed by atoms with E-state index in [1.165, 1.54) is 64.5 Å². The molecule has 0 radical (unpaired) electrons. The molecule has 2 aliphatic rings. The summed E-state index contributed by atoms with van der Waals surface area (Å²) in [6, 6.07) is 1.64. The Morgan fingerprint density at radius 2 is 1.94 bits per heavy atom. The fourth-order valence-corrected chi connectivity index (χ4v) is 3.91. The molecule has 1 saturated heterocycles. The van der Waals surface area contributed by atoms with E-state index in [-0.39, 0.29) is 0 Å². The lowest BCUT2D eigenvalue weighted by Crippen LogP contribution is -2.37. The van der Waals surface area contributed by atoms with Crippen molar-refractivity contribution in [3.63, 3.8) is 0 Å². The molecule has 1 heterocycles. The third kappa shape index (κ3) is 3.96. The quantitative estimate of drug-likeness (QED) is 0.806. The van der Waals surface area contributed by atoms with E-state index in [1.54, 1.807) is 0 Å². The minimum absolute atomic E-state index is 0.817. The fraction of sp³-hybridized carbons (Fsp3) is 1.00. The summed E-state index contributed by atoms with van der Waals surface area (Å²) in [7, 11) is 0. The van der Waals surface area contributed by atoms with Crippen molar-refractivity contribution in [1.82, 2.24) is 10.2 Å². The highest BCUT2D eigenvalue weighted by atomic mass is 15.1. The zero-order valence-electron chi connectivity index (χ0n) is 12.5. The van der Waals surface area contributed by atoms with Crippen LogP contribution in [-0.2, 0) is 0 Å². The second kappa shape index (κ2) is 7.49. The lowest BCUT2D eigenvalue weighted by atomic mass is 9.98. The van der Waals surface area contributed by atoms with Crippen LogP contribution in [0.5, 0.6) is 0 Å². The van der Waals surface area contributed by atoms with E-state index in [0.29, 0.717) is 0 Å². The summed E-state index contributed by atoms with van der Waals surface area (Å²) in [5.41, 5.74) is 0. The monoisotopic (exact) mass is 252 g/mol. The van der Waals surface area contributed by atoms with Gasteiger partial charge in [0, 0.05) is 12.1 Å². The number of rotatable bonds is 5. The molecule has 0 aromatic rings. The Hall–Kier alpha value is -0.0800. The Labute approximate surface area is 114 Å². The zero-order valence-corrected chi connectivity index (χ0v) is 12.5. The summed E-state index contributed by atoms with van der Waals surface area (Å²) in [4.78, 5) is 2.76. The highest BCUT2D eigenvalue weighted by molar-refractivity contribution is 4.84. The molecule has 18 heavy (non-hydrogen) atoms. The van der Waals surface area contributed by atoms with E-state index in [4.69, 9.17) is 0 Å². The first-order valence-corrected chi connectivity index (χ1v) is 8.28. The Morgan fingerprint density at radius 3 is 2.78 bits per heavy atom. The maximum Gasteiger partial charge on any atom is 0.00956 e. The molecule has 1 aliphatic heterocycles. The average Bonchev–Trinajstić information content (AvgIpc) is 2.70. The van der Waals surface area contributed by atoms with Gasteiger partial charge in [-0.3, -0.25) is 0 Å². The Kier molecular flexibility index (Phi) is 5.97. The Balaban J connectivity index is 1.75. The molecule has 2 rings (SSSR count). The van der Waals surface area contributed by atoms with Gasteiger partial charge in [-0.2, -0.15) is 0 Å². The van der Waals surface area contributed by atoms with Crippen molar-refractivity contribution in [2.45, 2.75) is 77.3 Å². The molecule has 2 fully saturated rings. The molecule has 0 amide bonds. The molecule has 1 aliphatic carbocycles.